The molecule has 0 aromatic rings. The van der Waals surface area contributed by atoms with Gasteiger partial charge in [0.05, 0.1) is 13.2 Å². The Morgan fingerprint density at radius 3 is 2.41 bits per heavy atom. The van der Waals surface area contributed by atoms with Gasteiger partial charge in [-0.05, 0) is 40.5 Å². The van der Waals surface area contributed by atoms with Crippen LogP contribution in [-0.2, 0) is 19.1 Å². The smallest absolute Gasteiger partial charge is 0.410 e. The third kappa shape index (κ3) is 3.25. The molecule has 1 spiro atoms. The molecule has 0 aromatic heterocycles. The molecule has 2 rings (SSSR count). The normalized spacial score (nSPS) is 23.9. The van der Waals surface area contributed by atoms with Gasteiger partial charge < -0.3 is 14.4 Å². The fourth-order valence-corrected chi connectivity index (χ4v) is 3.29. The molecule has 2 fully saturated rings. The summed E-state index contributed by atoms with van der Waals surface area (Å²) >= 11 is 0. The summed E-state index contributed by atoms with van der Waals surface area (Å²) in [6.45, 7) is 7.66. The lowest BCUT2D eigenvalue weighted by Crippen LogP contribution is -2.61. The van der Waals surface area contributed by atoms with Crippen molar-refractivity contribution in [1.29, 1.82) is 0 Å². The van der Waals surface area contributed by atoms with Gasteiger partial charge in [0.2, 0.25) is 0 Å². The highest BCUT2D eigenvalue weighted by Gasteiger charge is 2.56. The molecule has 0 bridgehead atoms. The van der Waals surface area contributed by atoms with Gasteiger partial charge in [0.25, 0.3) is 0 Å². The average molecular weight is 311 g/mol. The number of amides is 1. The third-order valence-corrected chi connectivity index (χ3v) is 4.31. The number of hydrogen-bond acceptors (Lipinski definition) is 5. The first-order valence-corrected chi connectivity index (χ1v) is 7.86. The minimum Gasteiger partial charge on any atom is -0.465 e. The highest BCUT2D eigenvalue weighted by Crippen LogP contribution is 2.50. The number of carbonyl (C=O) groups excluding carboxylic acids is 3. The van der Waals surface area contributed by atoms with Gasteiger partial charge in [-0.3, -0.25) is 9.59 Å². The van der Waals surface area contributed by atoms with Crippen LogP contribution in [0.1, 0.15) is 47.0 Å². The standard InChI is InChI=1S/C16H25NO5/c1-5-21-13(19)12-11(18)9-17(10-16(12)7-6-8-16)14(20)22-15(2,3)4/h12H,5-10H2,1-4H3. The van der Waals surface area contributed by atoms with Gasteiger partial charge in [-0.1, -0.05) is 6.42 Å². The number of rotatable bonds is 2. The lowest BCUT2D eigenvalue weighted by molar-refractivity contribution is -0.166. The molecule has 124 valence electrons. The van der Waals surface area contributed by atoms with E-state index in [2.05, 4.69) is 0 Å². The third-order valence-electron chi connectivity index (χ3n) is 4.31. The van der Waals surface area contributed by atoms with Gasteiger partial charge in [-0.15, -0.1) is 0 Å². The van der Waals surface area contributed by atoms with Crippen molar-refractivity contribution < 1.29 is 23.9 Å². The molecule has 1 saturated heterocycles. The zero-order valence-corrected chi connectivity index (χ0v) is 13.8. The second-order valence-corrected chi connectivity index (χ2v) is 7.20. The maximum atomic E-state index is 12.4. The number of likely N-dealkylation sites (tertiary alicyclic amines) is 1. The monoisotopic (exact) mass is 311 g/mol. The molecule has 2 aliphatic rings. The van der Waals surface area contributed by atoms with Gasteiger partial charge >= 0.3 is 12.1 Å². The molecule has 1 amide bonds. The Bertz CT molecular complexity index is 475. The number of esters is 1. The van der Waals surface area contributed by atoms with Crippen LogP contribution in [-0.4, -0.2) is 48.0 Å². The van der Waals surface area contributed by atoms with Crippen LogP contribution in [0.5, 0.6) is 0 Å². The number of hydrogen-bond donors (Lipinski definition) is 0. The van der Waals surface area contributed by atoms with E-state index in [9.17, 15) is 14.4 Å². The summed E-state index contributed by atoms with van der Waals surface area (Å²) in [5.74, 6) is -1.42. The van der Waals surface area contributed by atoms with E-state index in [0.29, 0.717) is 6.54 Å². The molecule has 1 saturated carbocycles. The molecule has 1 aliphatic carbocycles. The van der Waals surface area contributed by atoms with Crippen molar-refractivity contribution in [2.45, 2.75) is 52.6 Å². The number of ether oxygens (including phenoxy) is 2. The number of ketones is 1. The summed E-state index contributed by atoms with van der Waals surface area (Å²) in [6.07, 6.45) is 2.00. The Kier molecular flexibility index (Phi) is 4.49. The predicted molar refractivity (Wildman–Crippen MR) is 79.2 cm³/mol. The Balaban J connectivity index is 2.14. The highest BCUT2D eigenvalue weighted by atomic mass is 16.6. The first kappa shape index (κ1) is 16.8. The minimum absolute atomic E-state index is 0.0832. The summed E-state index contributed by atoms with van der Waals surface area (Å²) in [7, 11) is 0. The van der Waals surface area contributed by atoms with Crippen molar-refractivity contribution in [2.24, 2.45) is 11.3 Å². The van der Waals surface area contributed by atoms with E-state index in [1.54, 1.807) is 27.7 Å². The highest BCUT2D eigenvalue weighted by molar-refractivity contribution is 6.02. The molecule has 0 radical (unpaired) electrons. The fraction of sp³-hybridized carbons (Fsp3) is 0.812. The van der Waals surface area contributed by atoms with E-state index >= 15 is 0 Å². The molecular formula is C16H25NO5. The molecular weight excluding hydrogens is 286 g/mol. The molecule has 1 atom stereocenters. The number of Topliss-reactive ketones (excluding diaryl/α,β-unsaturated/α-hetero) is 1. The molecule has 1 aliphatic heterocycles. The summed E-state index contributed by atoms with van der Waals surface area (Å²) in [4.78, 5) is 38.3. The van der Waals surface area contributed by atoms with Gasteiger partial charge in [0.15, 0.2) is 5.78 Å². The van der Waals surface area contributed by atoms with E-state index in [1.165, 1.54) is 4.90 Å². The quantitative estimate of drug-likeness (QED) is 0.577. The van der Waals surface area contributed by atoms with E-state index in [-0.39, 0.29) is 18.9 Å². The van der Waals surface area contributed by atoms with E-state index < -0.39 is 29.0 Å². The maximum absolute atomic E-state index is 12.4. The van der Waals surface area contributed by atoms with Crippen LogP contribution in [0.25, 0.3) is 0 Å². The van der Waals surface area contributed by atoms with Crippen molar-refractivity contribution in [3.8, 4) is 0 Å². The second kappa shape index (κ2) is 5.89. The van der Waals surface area contributed by atoms with Crippen molar-refractivity contribution in [1.82, 2.24) is 4.90 Å². The largest absolute Gasteiger partial charge is 0.465 e. The van der Waals surface area contributed by atoms with Crippen LogP contribution >= 0.6 is 0 Å². The summed E-state index contributed by atoms with van der Waals surface area (Å²) in [6, 6.07) is 0. The Morgan fingerprint density at radius 2 is 1.95 bits per heavy atom. The number of nitrogens with zero attached hydrogens (tertiary/aromatic N) is 1. The molecule has 1 heterocycles. The number of carbonyl (C=O) groups is 3. The second-order valence-electron chi connectivity index (χ2n) is 7.20. The Labute approximate surface area is 131 Å². The molecule has 6 heteroatoms. The topological polar surface area (TPSA) is 72.9 Å². The van der Waals surface area contributed by atoms with Crippen LogP contribution in [0.4, 0.5) is 4.79 Å². The SMILES string of the molecule is CCOC(=O)C1C(=O)CN(C(=O)OC(C)(C)C)CC12CCC2. The first-order chi connectivity index (χ1) is 10.2. The Morgan fingerprint density at radius 1 is 1.32 bits per heavy atom. The van der Waals surface area contributed by atoms with E-state index in [4.69, 9.17) is 9.47 Å². The van der Waals surface area contributed by atoms with Crippen molar-refractivity contribution in [2.75, 3.05) is 19.7 Å². The van der Waals surface area contributed by atoms with E-state index in [1.807, 2.05) is 0 Å². The van der Waals surface area contributed by atoms with Crippen molar-refractivity contribution >= 4 is 17.8 Å². The lowest BCUT2D eigenvalue weighted by atomic mass is 9.58. The lowest BCUT2D eigenvalue weighted by Gasteiger charge is -2.51. The van der Waals surface area contributed by atoms with Crippen LogP contribution in [0.15, 0.2) is 0 Å². The minimum atomic E-state index is -0.736. The fourth-order valence-electron chi connectivity index (χ4n) is 3.29. The van der Waals surface area contributed by atoms with Crippen LogP contribution in [0.3, 0.4) is 0 Å². The first-order valence-electron chi connectivity index (χ1n) is 7.86. The van der Waals surface area contributed by atoms with Gasteiger partial charge in [-0.25, -0.2) is 4.79 Å². The molecule has 0 N–H and O–H groups in total. The summed E-state index contributed by atoms with van der Waals surface area (Å²) < 4.78 is 10.4. The summed E-state index contributed by atoms with van der Waals surface area (Å²) in [5.41, 5.74) is -1.07. The van der Waals surface area contributed by atoms with Gasteiger partial charge in [0, 0.05) is 12.0 Å². The molecule has 6 nitrogen and oxygen atoms in total. The van der Waals surface area contributed by atoms with E-state index in [0.717, 1.165) is 19.3 Å². The number of piperidine rings is 1. The predicted octanol–water partition coefficient (Wildman–Crippen LogP) is 2.16. The van der Waals surface area contributed by atoms with Gasteiger partial charge in [0.1, 0.15) is 11.5 Å². The summed E-state index contributed by atoms with van der Waals surface area (Å²) in [5, 5.41) is 0. The van der Waals surface area contributed by atoms with Crippen LogP contribution < -0.4 is 0 Å². The average Bonchev–Trinajstić information content (AvgIpc) is 2.33. The zero-order chi connectivity index (χ0) is 16.5. The van der Waals surface area contributed by atoms with Gasteiger partial charge in [-0.2, -0.15) is 0 Å². The zero-order valence-electron chi connectivity index (χ0n) is 13.8. The molecule has 22 heavy (non-hydrogen) atoms. The maximum Gasteiger partial charge on any atom is 0.410 e. The Hall–Kier alpha value is -1.59. The molecule has 0 aromatic carbocycles. The van der Waals surface area contributed by atoms with Crippen LogP contribution in [0, 0.1) is 11.3 Å². The van der Waals surface area contributed by atoms with Crippen LogP contribution in [0.2, 0.25) is 0 Å². The van der Waals surface area contributed by atoms with Crippen molar-refractivity contribution in [3.05, 3.63) is 0 Å². The molecule has 1 unspecified atom stereocenters. The van der Waals surface area contributed by atoms with Crippen molar-refractivity contribution in [3.63, 3.8) is 0 Å².